The van der Waals surface area contributed by atoms with Gasteiger partial charge in [0.25, 0.3) is 5.56 Å². The number of carbonyl (C=O) groups excluding carboxylic acids is 1. The molecule has 1 atom stereocenters. The number of aryl methyl sites for hydroxylation is 1. The number of amides is 1. The summed E-state index contributed by atoms with van der Waals surface area (Å²) in [6, 6.07) is 9.84. The predicted molar refractivity (Wildman–Crippen MR) is 111 cm³/mol. The van der Waals surface area contributed by atoms with E-state index >= 15 is 0 Å². The van der Waals surface area contributed by atoms with E-state index in [0.717, 1.165) is 31.2 Å². The van der Waals surface area contributed by atoms with E-state index < -0.39 is 5.69 Å². The van der Waals surface area contributed by atoms with Crippen LogP contribution >= 0.6 is 11.3 Å². The van der Waals surface area contributed by atoms with Gasteiger partial charge in [0.15, 0.2) is 0 Å². The Labute approximate surface area is 166 Å². The SMILES string of the molecule is CCCCn1c(=O)c2sccc2n(CC(=O)NC2CCc3ccccc32)c1=O. The number of hydrogen-bond acceptors (Lipinski definition) is 4. The van der Waals surface area contributed by atoms with Gasteiger partial charge in [0.05, 0.1) is 11.6 Å². The zero-order chi connectivity index (χ0) is 19.7. The Kier molecular flexibility index (Phi) is 5.17. The van der Waals surface area contributed by atoms with E-state index in [1.165, 1.54) is 26.0 Å². The van der Waals surface area contributed by atoms with E-state index in [1.54, 1.807) is 11.4 Å². The van der Waals surface area contributed by atoms with Gasteiger partial charge in [-0.05, 0) is 41.8 Å². The molecule has 4 rings (SSSR count). The molecule has 0 radical (unpaired) electrons. The van der Waals surface area contributed by atoms with Crippen LogP contribution in [0.25, 0.3) is 10.2 Å². The molecule has 2 heterocycles. The van der Waals surface area contributed by atoms with Crippen molar-refractivity contribution >= 4 is 27.5 Å². The maximum atomic E-state index is 12.9. The van der Waals surface area contributed by atoms with Crippen molar-refractivity contribution in [2.24, 2.45) is 0 Å². The lowest BCUT2D eigenvalue weighted by atomic mass is 10.1. The van der Waals surface area contributed by atoms with Crippen LogP contribution in [0.2, 0.25) is 0 Å². The van der Waals surface area contributed by atoms with Gasteiger partial charge in [-0.1, -0.05) is 37.6 Å². The average molecular weight is 398 g/mol. The molecular formula is C21H23N3O3S. The van der Waals surface area contributed by atoms with Gasteiger partial charge < -0.3 is 5.32 Å². The van der Waals surface area contributed by atoms with Crippen molar-refractivity contribution in [1.29, 1.82) is 0 Å². The summed E-state index contributed by atoms with van der Waals surface area (Å²) in [6.45, 7) is 2.30. The second kappa shape index (κ2) is 7.75. The lowest BCUT2D eigenvalue weighted by molar-refractivity contribution is -0.122. The van der Waals surface area contributed by atoms with Crippen LogP contribution in [0.3, 0.4) is 0 Å². The molecular weight excluding hydrogens is 374 g/mol. The smallest absolute Gasteiger partial charge is 0.332 e. The standard InChI is InChI=1S/C21H23N3O3S/c1-2-3-11-23-20(26)19-17(10-12-28-19)24(21(23)27)13-18(25)22-16-9-8-14-6-4-5-7-15(14)16/h4-7,10,12,16H,2-3,8-9,11,13H2,1H3,(H,22,25). The van der Waals surface area contributed by atoms with Gasteiger partial charge in [0.2, 0.25) is 5.91 Å². The first-order chi connectivity index (χ1) is 13.6. The van der Waals surface area contributed by atoms with Crippen LogP contribution in [0.5, 0.6) is 0 Å². The lowest BCUT2D eigenvalue weighted by Gasteiger charge is -2.16. The van der Waals surface area contributed by atoms with E-state index in [2.05, 4.69) is 11.4 Å². The van der Waals surface area contributed by atoms with Crippen molar-refractivity contribution < 1.29 is 4.79 Å². The second-order valence-electron chi connectivity index (χ2n) is 7.17. The van der Waals surface area contributed by atoms with Gasteiger partial charge in [0, 0.05) is 6.54 Å². The molecule has 0 spiro atoms. The van der Waals surface area contributed by atoms with Crippen molar-refractivity contribution in [3.8, 4) is 0 Å². The largest absolute Gasteiger partial charge is 0.348 e. The lowest BCUT2D eigenvalue weighted by Crippen LogP contribution is -2.42. The van der Waals surface area contributed by atoms with Gasteiger partial charge in [-0.2, -0.15) is 0 Å². The third-order valence-electron chi connectivity index (χ3n) is 5.34. The number of thiophene rings is 1. The highest BCUT2D eigenvalue weighted by Gasteiger charge is 2.24. The Morgan fingerprint density at radius 2 is 2.04 bits per heavy atom. The van der Waals surface area contributed by atoms with E-state index in [1.807, 2.05) is 25.1 Å². The second-order valence-corrected chi connectivity index (χ2v) is 8.09. The molecule has 1 aromatic carbocycles. The van der Waals surface area contributed by atoms with Crippen molar-refractivity contribution in [2.75, 3.05) is 0 Å². The van der Waals surface area contributed by atoms with Gasteiger partial charge in [-0.15, -0.1) is 11.3 Å². The predicted octanol–water partition coefficient (Wildman–Crippen LogP) is 2.83. The first kappa shape index (κ1) is 18.7. The number of nitrogens with one attached hydrogen (secondary N) is 1. The van der Waals surface area contributed by atoms with Crippen molar-refractivity contribution in [2.45, 2.75) is 51.7 Å². The summed E-state index contributed by atoms with van der Waals surface area (Å²) in [5.41, 5.74) is 2.28. The first-order valence-corrected chi connectivity index (χ1v) is 10.6. The number of hydrogen-bond donors (Lipinski definition) is 1. The molecule has 2 aromatic heterocycles. The zero-order valence-electron chi connectivity index (χ0n) is 15.8. The number of benzene rings is 1. The molecule has 1 amide bonds. The summed E-state index contributed by atoms with van der Waals surface area (Å²) in [4.78, 5) is 38.3. The minimum absolute atomic E-state index is 0.0247. The molecule has 1 unspecified atom stereocenters. The van der Waals surface area contributed by atoms with Crippen molar-refractivity contribution in [1.82, 2.24) is 14.5 Å². The van der Waals surface area contributed by atoms with Gasteiger partial charge in [-0.3, -0.25) is 18.7 Å². The van der Waals surface area contributed by atoms with Gasteiger partial charge in [0.1, 0.15) is 11.2 Å². The third-order valence-corrected chi connectivity index (χ3v) is 6.23. The molecule has 3 aromatic rings. The number of rotatable bonds is 6. The number of aromatic nitrogens is 2. The molecule has 28 heavy (non-hydrogen) atoms. The Hall–Kier alpha value is -2.67. The molecule has 7 heteroatoms. The molecule has 1 N–H and O–H groups in total. The van der Waals surface area contributed by atoms with Crippen LogP contribution in [0.4, 0.5) is 0 Å². The van der Waals surface area contributed by atoms with E-state index in [9.17, 15) is 14.4 Å². The molecule has 0 aliphatic heterocycles. The van der Waals surface area contributed by atoms with Crippen molar-refractivity contribution in [3.63, 3.8) is 0 Å². The number of fused-ring (bicyclic) bond motifs is 2. The first-order valence-electron chi connectivity index (χ1n) is 9.68. The molecule has 0 fully saturated rings. The molecule has 1 aliphatic carbocycles. The maximum absolute atomic E-state index is 12.9. The Morgan fingerprint density at radius 3 is 2.86 bits per heavy atom. The minimum atomic E-state index is -0.411. The fourth-order valence-electron chi connectivity index (χ4n) is 3.89. The highest BCUT2D eigenvalue weighted by Crippen LogP contribution is 2.30. The summed E-state index contributed by atoms with van der Waals surface area (Å²) in [5, 5.41) is 4.85. The zero-order valence-corrected chi connectivity index (χ0v) is 16.6. The molecule has 146 valence electrons. The quantitative estimate of drug-likeness (QED) is 0.695. The Balaban J connectivity index is 1.63. The van der Waals surface area contributed by atoms with Crippen LogP contribution in [-0.2, 0) is 24.3 Å². The highest BCUT2D eigenvalue weighted by molar-refractivity contribution is 7.17. The van der Waals surface area contributed by atoms with Crippen LogP contribution in [0, 0.1) is 0 Å². The van der Waals surface area contributed by atoms with Crippen LogP contribution < -0.4 is 16.6 Å². The van der Waals surface area contributed by atoms with Crippen LogP contribution in [0.15, 0.2) is 45.3 Å². The third kappa shape index (κ3) is 3.30. The minimum Gasteiger partial charge on any atom is -0.348 e. The molecule has 0 bridgehead atoms. The summed E-state index contributed by atoms with van der Waals surface area (Å²) in [7, 11) is 0. The van der Waals surface area contributed by atoms with Crippen LogP contribution in [0.1, 0.15) is 43.4 Å². The maximum Gasteiger partial charge on any atom is 0.332 e. The van der Waals surface area contributed by atoms with Gasteiger partial charge in [-0.25, -0.2) is 4.79 Å². The monoisotopic (exact) mass is 397 g/mol. The summed E-state index contributed by atoms with van der Waals surface area (Å²) in [5.74, 6) is -0.211. The van der Waals surface area contributed by atoms with E-state index in [4.69, 9.17) is 0 Å². The normalized spacial score (nSPS) is 15.7. The Morgan fingerprint density at radius 1 is 1.21 bits per heavy atom. The molecule has 0 saturated carbocycles. The van der Waals surface area contributed by atoms with E-state index in [0.29, 0.717) is 16.8 Å². The number of carbonyl (C=O) groups is 1. The molecule has 1 aliphatic rings. The number of nitrogens with zero attached hydrogens (tertiary/aromatic N) is 2. The molecule has 6 nitrogen and oxygen atoms in total. The fraction of sp³-hybridized carbons (Fsp3) is 0.381. The topological polar surface area (TPSA) is 73.1 Å². The fourth-order valence-corrected chi connectivity index (χ4v) is 4.73. The average Bonchev–Trinajstić information content (AvgIpc) is 3.33. The summed E-state index contributed by atoms with van der Waals surface area (Å²) in [6.07, 6.45) is 3.44. The highest BCUT2D eigenvalue weighted by atomic mass is 32.1. The summed E-state index contributed by atoms with van der Waals surface area (Å²) >= 11 is 1.31. The summed E-state index contributed by atoms with van der Waals surface area (Å²) < 4.78 is 3.22. The Bertz CT molecular complexity index is 1140. The van der Waals surface area contributed by atoms with E-state index in [-0.39, 0.29) is 24.1 Å². The number of unbranched alkanes of at least 4 members (excludes halogenated alkanes) is 1. The van der Waals surface area contributed by atoms with Crippen molar-refractivity contribution in [3.05, 3.63) is 67.7 Å². The molecule has 0 saturated heterocycles. The van der Waals surface area contributed by atoms with Gasteiger partial charge >= 0.3 is 5.69 Å². The van der Waals surface area contributed by atoms with Crippen LogP contribution in [-0.4, -0.2) is 15.0 Å².